The third-order valence-corrected chi connectivity index (χ3v) is 5.18. The predicted molar refractivity (Wildman–Crippen MR) is 122 cm³/mol. The first-order chi connectivity index (χ1) is 16.0. The molecular weight excluding hydrogens is 445 g/mol. The maximum Gasteiger partial charge on any atom is 0.236 e. The number of halogens is 2. The molecule has 0 aliphatic heterocycles. The number of ether oxygens (including phenoxy) is 2. The van der Waals surface area contributed by atoms with Gasteiger partial charge in [-0.05, 0) is 61.0 Å². The number of anilines is 1. The molecule has 0 fully saturated rings. The van der Waals surface area contributed by atoms with E-state index in [1.807, 2.05) is 55.5 Å². The van der Waals surface area contributed by atoms with Gasteiger partial charge in [0, 0.05) is 17.1 Å². The minimum Gasteiger partial charge on any atom is -0.484 e. The molecule has 166 valence electrons. The molecule has 4 rings (SSSR count). The first-order valence-electron chi connectivity index (χ1n) is 10.1. The van der Waals surface area contributed by atoms with Crippen molar-refractivity contribution in [1.29, 1.82) is 5.26 Å². The first-order valence-corrected chi connectivity index (χ1v) is 10.4. The Bertz CT molecular complexity index is 1280. The second-order valence-electron chi connectivity index (χ2n) is 7.10. The van der Waals surface area contributed by atoms with Crippen molar-refractivity contribution in [1.82, 2.24) is 4.98 Å². The first kappa shape index (κ1) is 22.2. The van der Waals surface area contributed by atoms with Gasteiger partial charge in [-0.2, -0.15) is 10.2 Å². The summed E-state index contributed by atoms with van der Waals surface area (Å²) in [5.74, 6) is 1.99. The fourth-order valence-corrected chi connectivity index (χ4v) is 3.15. The lowest BCUT2D eigenvalue weighted by Crippen LogP contribution is -2.00. The molecule has 6 nitrogen and oxygen atoms in total. The van der Waals surface area contributed by atoms with E-state index >= 15 is 0 Å². The highest BCUT2D eigenvalue weighted by atomic mass is 35.5. The van der Waals surface area contributed by atoms with Crippen LogP contribution < -0.4 is 14.8 Å². The topological polar surface area (TPSA) is 80.3 Å². The lowest BCUT2D eigenvalue weighted by molar-refractivity contribution is 0.264. The van der Waals surface area contributed by atoms with E-state index in [2.05, 4.69) is 10.3 Å². The number of oxazole rings is 1. The number of nitrogens with one attached hydrogen (secondary N) is 1. The summed E-state index contributed by atoms with van der Waals surface area (Å²) in [6, 6.07) is 20.6. The third-order valence-electron chi connectivity index (χ3n) is 4.78. The average Bonchev–Trinajstić information content (AvgIpc) is 3.23. The Labute approximate surface area is 195 Å². The maximum atomic E-state index is 13.0. The normalized spacial score (nSPS) is 10.5. The number of aromatic nitrogens is 1. The van der Waals surface area contributed by atoms with E-state index in [1.54, 1.807) is 0 Å². The molecule has 1 heterocycles. The zero-order valence-corrected chi connectivity index (χ0v) is 18.4. The second kappa shape index (κ2) is 10.1. The summed E-state index contributed by atoms with van der Waals surface area (Å²) < 4.78 is 30.0. The molecule has 1 aromatic heterocycles. The highest BCUT2D eigenvalue weighted by Gasteiger charge is 2.13. The van der Waals surface area contributed by atoms with Crippen LogP contribution in [0.3, 0.4) is 0 Å². The van der Waals surface area contributed by atoms with Crippen LogP contribution in [0.2, 0.25) is 5.02 Å². The van der Waals surface area contributed by atoms with Gasteiger partial charge in [0.2, 0.25) is 17.5 Å². The summed E-state index contributed by atoms with van der Waals surface area (Å²) in [6.45, 7) is 2.33. The van der Waals surface area contributed by atoms with Gasteiger partial charge >= 0.3 is 0 Å². The van der Waals surface area contributed by atoms with Gasteiger partial charge in [-0.1, -0.05) is 29.8 Å². The van der Waals surface area contributed by atoms with Gasteiger partial charge in [0.15, 0.2) is 6.61 Å². The molecule has 3 aromatic carbocycles. The minimum absolute atomic E-state index is 0.0109. The van der Waals surface area contributed by atoms with Gasteiger partial charge in [-0.15, -0.1) is 0 Å². The quantitative estimate of drug-likeness (QED) is 0.316. The van der Waals surface area contributed by atoms with Crippen molar-refractivity contribution >= 4 is 17.5 Å². The molecule has 0 radical (unpaired) electrons. The molecule has 33 heavy (non-hydrogen) atoms. The van der Waals surface area contributed by atoms with E-state index in [1.165, 1.54) is 24.3 Å². The van der Waals surface area contributed by atoms with Crippen molar-refractivity contribution in [3.05, 3.63) is 100 Å². The Morgan fingerprint density at radius 2 is 1.79 bits per heavy atom. The van der Waals surface area contributed by atoms with Crippen molar-refractivity contribution in [3.63, 3.8) is 0 Å². The second-order valence-corrected chi connectivity index (χ2v) is 7.51. The van der Waals surface area contributed by atoms with Crippen molar-refractivity contribution < 1.29 is 18.3 Å². The number of hydrogen-bond acceptors (Lipinski definition) is 6. The molecule has 0 saturated heterocycles. The maximum absolute atomic E-state index is 13.0. The van der Waals surface area contributed by atoms with Gasteiger partial charge in [-0.3, -0.25) is 0 Å². The highest BCUT2D eigenvalue weighted by molar-refractivity contribution is 6.31. The third kappa shape index (κ3) is 5.62. The van der Waals surface area contributed by atoms with E-state index in [0.29, 0.717) is 28.8 Å². The van der Waals surface area contributed by atoms with Crippen LogP contribution in [-0.2, 0) is 13.2 Å². The fourth-order valence-electron chi connectivity index (χ4n) is 2.98. The van der Waals surface area contributed by atoms with Crippen LogP contribution in [0.25, 0.3) is 0 Å². The van der Waals surface area contributed by atoms with E-state index in [-0.39, 0.29) is 29.9 Å². The molecule has 0 amide bonds. The number of nitriles is 1. The van der Waals surface area contributed by atoms with Crippen LogP contribution in [0.15, 0.2) is 71.1 Å². The van der Waals surface area contributed by atoms with E-state index in [4.69, 9.17) is 25.5 Å². The molecule has 0 aliphatic rings. The highest BCUT2D eigenvalue weighted by Crippen LogP contribution is 2.29. The van der Waals surface area contributed by atoms with Gasteiger partial charge in [0.25, 0.3) is 0 Å². The zero-order chi connectivity index (χ0) is 23.2. The van der Waals surface area contributed by atoms with Crippen LogP contribution in [0.1, 0.15) is 22.7 Å². The van der Waals surface area contributed by atoms with E-state index < -0.39 is 0 Å². The molecule has 0 aliphatic carbocycles. The number of hydrogen-bond donors (Lipinski definition) is 1. The lowest BCUT2D eigenvalue weighted by atomic mass is 10.2. The van der Waals surface area contributed by atoms with Gasteiger partial charge in [-0.25, -0.2) is 4.39 Å². The number of nitrogens with zero attached hydrogens (tertiary/aromatic N) is 2. The molecule has 0 unspecified atom stereocenters. The van der Waals surface area contributed by atoms with Crippen molar-refractivity contribution in [2.24, 2.45) is 0 Å². The monoisotopic (exact) mass is 463 g/mol. The number of benzene rings is 3. The average molecular weight is 464 g/mol. The van der Waals surface area contributed by atoms with Crippen LogP contribution >= 0.6 is 11.6 Å². The summed E-state index contributed by atoms with van der Waals surface area (Å²) in [7, 11) is 0. The Morgan fingerprint density at radius 1 is 1.06 bits per heavy atom. The number of rotatable bonds is 8. The zero-order valence-electron chi connectivity index (χ0n) is 17.6. The summed E-state index contributed by atoms with van der Waals surface area (Å²) in [5, 5.41) is 13.1. The molecule has 0 bridgehead atoms. The molecular formula is C25H19ClFN3O3. The fraction of sp³-hybridized carbons (Fsp3) is 0.120. The van der Waals surface area contributed by atoms with Crippen LogP contribution in [-0.4, -0.2) is 4.98 Å². The van der Waals surface area contributed by atoms with Gasteiger partial charge in [0.1, 0.15) is 29.1 Å². The Hall–Kier alpha value is -4.02. The molecule has 0 saturated carbocycles. The molecule has 1 N–H and O–H groups in total. The minimum atomic E-state index is -0.351. The van der Waals surface area contributed by atoms with Crippen molar-refractivity contribution in [3.8, 4) is 23.3 Å². The Balaban J connectivity index is 1.36. The van der Waals surface area contributed by atoms with E-state index in [0.717, 1.165) is 11.1 Å². The van der Waals surface area contributed by atoms with Crippen molar-refractivity contribution in [2.45, 2.75) is 20.1 Å². The lowest BCUT2D eigenvalue weighted by Gasteiger charge is -2.10. The molecule has 0 atom stereocenters. The molecule has 8 heteroatoms. The Kier molecular flexibility index (Phi) is 6.77. The standard InChI is InChI=1S/C25H19ClFN3O3/c1-16-21(26)3-2-4-23(16)32-20-9-5-17(6-10-20)14-29-25-22(13-28)30-24(33-25)15-31-19-11-7-18(27)8-12-19/h2-12,29H,14-15H2,1H3. The predicted octanol–water partition coefficient (Wildman–Crippen LogP) is 6.63. The van der Waals surface area contributed by atoms with Crippen molar-refractivity contribution in [2.75, 3.05) is 5.32 Å². The Morgan fingerprint density at radius 3 is 2.52 bits per heavy atom. The summed E-state index contributed by atoms with van der Waals surface area (Å²) in [4.78, 5) is 4.13. The summed E-state index contributed by atoms with van der Waals surface area (Å²) in [5.41, 5.74) is 1.96. The van der Waals surface area contributed by atoms with Gasteiger partial charge in [0.05, 0.1) is 0 Å². The summed E-state index contributed by atoms with van der Waals surface area (Å²) >= 11 is 6.14. The SMILES string of the molecule is Cc1c(Cl)cccc1Oc1ccc(CNc2oc(COc3ccc(F)cc3)nc2C#N)cc1. The smallest absolute Gasteiger partial charge is 0.236 e. The van der Waals surface area contributed by atoms with Crippen LogP contribution in [0, 0.1) is 24.1 Å². The molecule has 0 spiro atoms. The van der Waals surface area contributed by atoms with Gasteiger partial charge < -0.3 is 19.2 Å². The summed E-state index contributed by atoms with van der Waals surface area (Å²) in [6.07, 6.45) is 0. The van der Waals surface area contributed by atoms with E-state index in [9.17, 15) is 9.65 Å². The van der Waals surface area contributed by atoms with Crippen LogP contribution in [0.5, 0.6) is 17.2 Å². The molecule has 4 aromatic rings. The largest absolute Gasteiger partial charge is 0.484 e. The van der Waals surface area contributed by atoms with Crippen LogP contribution in [0.4, 0.5) is 10.3 Å².